The molecule has 0 spiro atoms. The van der Waals surface area contributed by atoms with Crippen LogP contribution in [0.1, 0.15) is 30.1 Å². The summed E-state index contributed by atoms with van der Waals surface area (Å²) in [6, 6.07) is 15.6. The van der Waals surface area contributed by atoms with E-state index in [-0.39, 0.29) is 23.7 Å². The highest BCUT2D eigenvalue weighted by Gasteiger charge is 2.27. The van der Waals surface area contributed by atoms with E-state index in [2.05, 4.69) is 17.6 Å². The minimum Gasteiger partial charge on any atom is -0.351 e. The topological polar surface area (TPSA) is 41.1 Å². The van der Waals surface area contributed by atoms with E-state index in [0.717, 1.165) is 37.1 Å². The van der Waals surface area contributed by atoms with Gasteiger partial charge in [0.15, 0.2) is 0 Å². The Morgan fingerprint density at radius 1 is 1.12 bits per heavy atom. The van der Waals surface area contributed by atoms with E-state index in [1.807, 2.05) is 42.5 Å². The highest BCUT2D eigenvalue weighted by Crippen LogP contribution is 2.28. The molecule has 2 aromatic rings. The summed E-state index contributed by atoms with van der Waals surface area (Å²) in [4.78, 5) is 12.6. The van der Waals surface area contributed by atoms with Crippen LogP contribution in [0.3, 0.4) is 0 Å². The second-order valence-corrected chi connectivity index (χ2v) is 7.21. The molecule has 0 aromatic heterocycles. The van der Waals surface area contributed by atoms with Crippen LogP contribution in [-0.2, 0) is 0 Å². The van der Waals surface area contributed by atoms with Crippen molar-refractivity contribution < 1.29 is 4.79 Å². The number of rotatable bonds is 4. The molecule has 1 amide bonds. The molecule has 0 unspecified atom stereocenters. The van der Waals surface area contributed by atoms with E-state index >= 15 is 0 Å². The lowest BCUT2D eigenvalue weighted by Gasteiger charge is -2.34. The molecule has 0 aliphatic carbocycles. The van der Waals surface area contributed by atoms with Crippen LogP contribution in [-0.4, -0.2) is 25.5 Å². The molecule has 1 aliphatic rings. The third kappa shape index (κ3) is 4.97. The molecule has 134 valence electrons. The standard InChI is InChI=1S/C20H23ClN2O.ClH/c1-20(9-11-22-12-10-20)14-23-19(24)17-13-16(7-8-18(17)21)15-5-3-2-4-6-15;/h2-8,13,22H,9-12,14H2,1H3,(H,23,24);1H. The Balaban J connectivity index is 0.00000225. The Labute approximate surface area is 160 Å². The Morgan fingerprint density at radius 3 is 2.48 bits per heavy atom. The van der Waals surface area contributed by atoms with Gasteiger partial charge in [-0.05, 0) is 54.6 Å². The monoisotopic (exact) mass is 378 g/mol. The van der Waals surface area contributed by atoms with Gasteiger partial charge in [0.2, 0.25) is 0 Å². The lowest BCUT2D eigenvalue weighted by Crippen LogP contribution is -2.42. The predicted octanol–water partition coefficient (Wildman–Crippen LogP) is 4.55. The number of carbonyl (C=O) groups is 1. The Bertz CT molecular complexity index is 713. The summed E-state index contributed by atoms with van der Waals surface area (Å²) in [6.07, 6.45) is 2.15. The molecular formula is C20H24Cl2N2O. The molecule has 3 rings (SSSR count). The minimum atomic E-state index is -0.0995. The van der Waals surface area contributed by atoms with Crippen molar-refractivity contribution in [3.05, 3.63) is 59.1 Å². The Kier molecular flexibility index (Phi) is 6.88. The quantitative estimate of drug-likeness (QED) is 0.819. The predicted molar refractivity (Wildman–Crippen MR) is 107 cm³/mol. The maximum atomic E-state index is 12.6. The molecule has 0 atom stereocenters. The van der Waals surface area contributed by atoms with Gasteiger partial charge in [0.1, 0.15) is 0 Å². The van der Waals surface area contributed by atoms with Crippen molar-refractivity contribution in [1.82, 2.24) is 10.6 Å². The first-order chi connectivity index (χ1) is 11.6. The van der Waals surface area contributed by atoms with E-state index in [1.165, 1.54) is 0 Å². The van der Waals surface area contributed by atoms with Crippen LogP contribution >= 0.6 is 24.0 Å². The van der Waals surface area contributed by atoms with Gasteiger partial charge in [-0.1, -0.05) is 54.9 Å². The van der Waals surface area contributed by atoms with Crippen molar-refractivity contribution in [2.24, 2.45) is 5.41 Å². The molecule has 1 heterocycles. The lowest BCUT2D eigenvalue weighted by molar-refractivity contribution is 0.0922. The van der Waals surface area contributed by atoms with E-state index < -0.39 is 0 Å². The summed E-state index contributed by atoms with van der Waals surface area (Å²) in [6.45, 7) is 4.93. The third-order valence-corrected chi connectivity index (χ3v) is 5.13. The van der Waals surface area contributed by atoms with Crippen molar-refractivity contribution in [3.63, 3.8) is 0 Å². The first-order valence-electron chi connectivity index (χ1n) is 8.41. The third-order valence-electron chi connectivity index (χ3n) is 4.80. The highest BCUT2D eigenvalue weighted by molar-refractivity contribution is 6.34. The second kappa shape index (κ2) is 8.70. The zero-order valence-corrected chi connectivity index (χ0v) is 15.9. The number of piperidine rings is 1. The zero-order chi connectivity index (χ0) is 17.0. The molecule has 1 aliphatic heterocycles. The zero-order valence-electron chi connectivity index (χ0n) is 14.3. The maximum Gasteiger partial charge on any atom is 0.252 e. The summed E-state index contributed by atoms with van der Waals surface area (Å²) in [5.41, 5.74) is 2.77. The Morgan fingerprint density at radius 2 is 1.80 bits per heavy atom. The smallest absolute Gasteiger partial charge is 0.252 e. The Hall–Kier alpha value is -1.55. The van der Waals surface area contributed by atoms with Crippen molar-refractivity contribution >= 4 is 29.9 Å². The minimum absolute atomic E-state index is 0. The van der Waals surface area contributed by atoms with Gasteiger partial charge in [-0.2, -0.15) is 0 Å². The van der Waals surface area contributed by atoms with Crippen LogP contribution in [0.15, 0.2) is 48.5 Å². The van der Waals surface area contributed by atoms with E-state index in [9.17, 15) is 4.79 Å². The molecule has 0 saturated carbocycles. The van der Waals surface area contributed by atoms with Gasteiger partial charge in [-0.3, -0.25) is 4.79 Å². The normalized spacial score (nSPS) is 15.9. The molecule has 3 nitrogen and oxygen atoms in total. The first-order valence-corrected chi connectivity index (χ1v) is 8.79. The highest BCUT2D eigenvalue weighted by atomic mass is 35.5. The van der Waals surface area contributed by atoms with Crippen LogP contribution in [0, 0.1) is 5.41 Å². The largest absolute Gasteiger partial charge is 0.351 e. The van der Waals surface area contributed by atoms with Crippen molar-refractivity contribution in [2.45, 2.75) is 19.8 Å². The molecule has 2 aromatic carbocycles. The fraction of sp³-hybridized carbons (Fsp3) is 0.350. The first kappa shape index (κ1) is 19.8. The maximum absolute atomic E-state index is 12.6. The summed E-state index contributed by atoms with van der Waals surface area (Å²) in [5, 5.41) is 6.93. The molecular weight excluding hydrogens is 355 g/mol. The van der Waals surface area contributed by atoms with Gasteiger partial charge in [0.25, 0.3) is 5.91 Å². The van der Waals surface area contributed by atoms with E-state index in [4.69, 9.17) is 11.6 Å². The van der Waals surface area contributed by atoms with Crippen LogP contribution < -0.4 is 10.6 Å². The second-order valence-electron chi connectivity index (χ2n) is 6.80. The summed E-state index contributed by atoms with van der Waals surface area (Å²) in [5.74, 6) is -0.0995. The number of amides is 1. The summed E-state index contributed by atoms with van der Waals surface area (Å²) in [7, 11) is 0. The molecule has 25 heavy (non-hydrogen) atoms. The molecule has 5 heteroatoms. The summed E-state index contributed by atoms with van der Waals surface area (Å²) >= 11 is 6.26. The number of hydrogen-bond acceptors (Lipinski definition) is 2. The van der Waals surface area contributed by atoms with Crippen LogP contribution in [0.4, 0.5) is 0 Å². The van der Waals surface area contributed by atoms with Gasteiger partial charge in [0.05, 0.1) is 10.6 Å². The fourth-order valence-corrected chi connectivity index (χ4v) is 3.31. The van der Waals surface area contributed by atoms with Gasteiger partial charge in [0, 0.05) is 6.54 Å². The van der Waals surface area contributed by atoms with Crippen LogP contribution in [0.2, 0.25) is 5.02 Å². The molecule has 0 radical (unpaired) electrons. The summed E-state index contributed by atoms with van der Waals surface area (Å²) < 4.78 is 0. The van der Waals surface area contributed by atoms with Crippen LogP contribution in [0.25, 0.3) is 11.1 Å². The van der Waals surface area contributed by atoms with Gasteiger partial charge >= 0.3 is 0 Å². The molecule has 2 N–H and O–H groups in total. The van der Waals surface area contributed by atoms with Crippen LogP contribution in [0.5, 0.6) is 0 Å². The number of nitrogens with one attached hydrogen (secondary N) is 2. The molecule has 1 saturated heterocycles. The average molecular weight is 379 g/mol. The number of halogens is 2. The lowest BCUT2D eigenvalue weighted by atomic mass is 9.81. The van der Waals surface area contributed by atoms with Crippen molar-refractivity contribution in [1.29, 1.82) is 0 Å². The van der Waals surface area contributed by atoms with Gasteiger partial charge in [-0.25, -0.2) is 0 Å². The SMILES string of the molecule is CC1(CNC(=O)c2cc(-c3ccccc3)ccc2Cl)CCNCC1.Cl. The molecule has 0 bridgehead atoms. The average Bonchev–Trinajstić information content (AvgIpc) is 2.61. The van der Waals surface area contributed by atoms with Crippen molar-refractivity contribution in [3.8, 4) is 11.1 Å². The fourth-order valence-electron chi connectivity index (χ4n) is 3.11. The number of benzene rings is 2. The van der Waals surface area contributed by atoms with E-state index in [0.29, 0.717) is 17.1 Å². The molecule has 1 fully saturated rings. The van der Waals surface area contributed by atoms with E-state index in [1.54, 1.807) is 6.07 Å². The van der Waals surface area contributed by atoms with Gasteiger partial charge in [-0.15, -0.1) is 12.4 Å². The number of carbonyl (C=O) groups excluding carboxylic acids is 1. The van der Waals surface area contributed by atoms with Crippen molar-refractivity contribution in [2.75, 3.05) is 19.6 Å². The number of hydrogen-bond donors (Lipinski definition) is 2. The van der Waals surface area contributed by atoms with Gasteiger partial charge < -0.3 is 10.6 Å².